The zero-order valence-corrected chi connectivity index (χ0v) is 13.1. The summed E-state index contributed by atoms with van der Waals surface area (Å²) in [6, 6.07) is 2.07. The predicted octanol–water partition coefficient (Wildman–Crippen LogP) is 2.18. The third-order valence-electron chi connectivity index (χ3n) is 4.44. The molecule has 0 bridgehead atoms. The van der Waals surface area contributed by atoms with Crippen LogP contribution in [0, 0.1) is 0 Å². The van der Waals surface area contributed by atoms with Crippen LogP contribution in [-0.4, -0.2) is 61.7 Å². The van der Waals surface area contributed by atoms with Crippen LogP contribution in [0.2, 0.25) is 0 Å². The molecule has 1 rings (SSSR count). The van der Waals surface area contributed by atoms with E-state index in [2.05, 4.69) is 50.0 Å². The van der Waals surface area contributed by atoms with Gasteiger partial charge in [0.25, 0.3) is 0 Å². The highest BCUT2D eigenvalue weighted by Crippen LogP contribution is 2.16. The first kappa shape index (κ1) is 15.9. The van der Waals surface area contributed by atoms with Gasteiger partial charge in [0.05, 0.1) is 0 Å². The normalized spacial score (nSPS) is 22.3. The molecule has 0 aliphatic carbocycles. The van der Waals surface area contributed by atoms with Crippen molar-refractivity contribution >= 4 is 0 Å². The molecule has 1 N–H and O–H groups in total. The van der Waals surface area contributed by atoms with Crippen molar-refractivity contribution in [2.24, 2.45) is 0 Å². The number of hydrogen-bond donors (Lipinski definition) is 1. The highest BCUT2D eigenvalue weighted by molar-refractivity contribution is 4.81. The lowest BCUT2D eigenvalue weighted by molar-refractivity contribution is 0.111. The smallest absolute Gasteiger partial charge is 0.0192 e. The van der Waals surface area contributed by atoms with E-state index in [9.17, 15) is 0 Å². The first-order valence-electron chi connectivity index (χ1n) is 7.68. The Morgan fingerprint density at radius 2 is 1.89 bits per heavy atom. The Bertz CT molecular complexity index is 212. The quantitative estimate of drug-likeness (QED) is 0.752. The molecule has 1 fully saturated rings. The van der Waals surface area contributed by atoms with Gasteiger partial charge in [-0.25, -0.2) is 0 Å². The molecule has 0 saturated carbocycles. The SMILES string of the molecule is CCCC(C)NCC(C)N(C)C1CCN(C)CC1. The van der Waals surface area contributed by atoms with E-state index >= 15 is 0 Å². The van der Waals surface area contributed by atoms with Crippen molar-refractivity contribution in [2.75, 3.05) is 33.7 Å². The van der Waals surface area contributed by atoms with E-state index in [-0.39, 0.29) is 0 Å². The summed E-state index contributed by atoms with van der Waals surface area (Å²) >= 11 is 0. The second kappa shape index (κ2) is 8.13. The van der Waals surface area contributed by atoms with Gasteiger partial charge in [-0.05, 0) is 60.3 Å². The summed E-state index contributed by atoms with van der Waals surface area (Å²) in [5.74, 6) is 0. The van der Waals surface area contributed by atoms with Crippen LogP contribution in [0.4, 0.5) is 0 Å². The molecule has 0 aromatic carbocycles. The van der Waals surface area contributed by atoms with Gasteiger partial charge in [0.15, 0.2) is 0 Å². The van der Waals surface area contributed by atoms with Gasteiger partial charge in [0, 0.05) is 24.7 Å². The maximum Gasteiger partial charge on any atom is 0.0192 e. The largest absolute Gasteiger partial charge is 0.313 e. The monoisotopic (exact) mass is 255 g/mol. The lowest BCUT2D eigenvalue weighted by Crippen LogP contribution is -2.49. The molecule has 0 spiro atoms. The van der Waals surface area contributed by atoms with Gasteiger partial charge in [-0.2, -0.15) is 0 Å². The minimum absolute atomic E-state index is 0.637. The van der Waals surface area contributed by atoms with Crippen LogP contribution >= 0.6 is 0 Å². The molecule has 1 heterocycles. The summed E-state index contributed by atoms with van der Waals surface area (Å²) in [7, 11) is 4.53. The molecule has 3 heteroatoms. The molecule has 0 amide bonds. The molecule has 3 nitrogen and oxygen atoms in total. The van der Waals surface area contributed by atoms with Crippen molar-refractivity contribution in [3.05, 3.63) is 0 Å². The van der Waals surface area contributed by atoms with Crippen LogP contribution in [0.3, 0.4) is 0 Å². The number of hydrogen-bond acceptors (Lipinski definition) is 3. The molecule has 2 atom stereocenters. The molecule has 0 aromatic rings. The van der Waals surface area contributed by atoms with Crippen LogP contribution in [0.15, 0.2) is 0 Å². The predicted molar refractivity (Wildman–Crippen MR) is 80.1 cm³/mol. The summed E-state index contributed by atoms with van der Waals surface area (Å²) in [6.07, 6.45) is 5.20. The van der Waals surface area contributed by atoms with Crippen molar-refractivity contribution < 1.29 is 0 Å². The van der Waals surface area contributed by atoms with Crippen molar-refractivity contribution in [3.63, 3.8) is 0 Å². The van der Waals surface area contributed by atoms with Gasteiger partial charge >= 0.3 is 0 Å². The summed E-state index contributed by atoms with van der Waals surface area (Å²) in [5.41, 5.74) is 0. The van der Waals surface area contributed by atoms with E-state index < -0.39 is 0 Å². The Labute approximate surface area is 114 Å². The highest BCUT2D eigenvalue weighted by Gasteiger charge is 2.23. The van der Waals surface area contributed by atoms with Crippen LogP contribution in [-0.2, 0) is 0 Å². The number of piperidine rings is 1. The fourth-order valence-electron chi connectivity index (χ4n) is 2.81. The summed E-state index contributed by atoms with van der Waals surface area (Å²) < 4.78 is 0. The molecule has 2 unspecified atom stereocenters. The van der Waals surface area contributed by atoms with E-state index in [1.54, 1.807) is 0 Å². The number of rotatable bonds is 7. The van der Waals surface area contributed by atoms with Crippen molar-refractivity contribution in [3.8, 4) is 0 Å². The first-order chi connectivity index (χ1) is 8.54. The lowest BCUT2D eigenvalue weighted by Gasteiger charge is -2.38. The van der Waals surface area contributed by atoms with E-state index in [1.165, 1.54) is 38.8 Å². The minimum Gasteiger partial charge on any atom is -0.313 e. The second-order valence-electron chi connectivity index (χ2n) is 6.15. The van der Waals surface area contributed by atoms with E-state index in [1.807, 2.05) is 0 Å². The van der Waals surface area contributed by atoms with Gasteiger partial charge in [0.1, 0.15) is 0 Å². The average molecular weight is 255 g/mol. The van der Waals surface area contributed by atoms with E-state index in [0.717, 1.165) is 12.6 Å². The molecular weight excluding hydrogens is 222 g/mol. The highest BCUT2D eigenvalue weighted by atomic mass is 15.2. The topological polar surface area (TPSA) is 18.5 Å². The zero-order chi connectivity index (χ0) is 13.5. The van der Waals surface area contributed by atoms with Gasteiger partial charge in [-0.15, -0.1) is 0 Å². The van der Waals surface area contributed by atoms with Gasteiger partial charge < -0.3 is 10.2 Å². The van der Waals surface area contributed by atoms with Gasteiger partial charge in [-0.1, -0.05) is 13.3 Å². The Kier molecular flexibility index (Phi) is 7.20. The third-order valence-corrected chi connectivity index (χ3v) is 4.44. The standard InChI is InChI=1S/C15H33N3/c1-6-7-13(2)16-12-14(3)18(5)15-8-10-17(4)11-9-15/h13-16H,6-12H2,1-5H3. The minimum atomic E-state index is 0.637. The zero-order valence-electron chi connectivity index (χ0n) is 13.1. The van der Waals surface area contributed by atoms with Crippen molar-refractivity contribution in [1.29, 1.82) is 0 Å². The molecule has 18 heavy (non-hydrogen) atoms. The average Bonchev–Trinajstić information content (AvgIpc) is 2.36. The van der Waals surface area contributed by atoms with Crippen LogP contribution < -0.4 is 5.32 Å². The first-order valence-corrected chi connectivity index (χ1v) is 7.68. The molecule has 1 aliphatic heterocycles. The Morgan fingerprint density at radius 1 is 1.28 bits per heavy atom. The van der Waals surface area contributed by atoms with Crippen LogP contribution in [0.1, 0.15) is 46.5 Å². The Balaban J connectivity index is 2.25. The van der Waals surface area contributed by atoms with Crippen LogP contribution in [0.5, 0.6) is 0 Å². The summed E-state index contributed by atoms with van der Waals surface area (Å²) in [5, 5.41) is 3.66. The summed E-state index contributed by atoms with van der Waals surface area (Å²) in [6.45, 7) is 10.5. The van der Waals surface area contributed by atoms with Gasteiger partial charge in [-0.3, -0.25) is 4.90 Å². The fourth-order valence-corrected chi connectivity index (χ4v) is 2.81. The number of likely N-dealkylation sites (N-methyl/N-ethyl adjacent to an activating group) is 1. The van der Waals surface area contributed by atoms with E-state index in [4.69, 9.17) is 0 Å². The fraction of sp³-hybridized carbons (Fsp3) is 1.00. The number of likely N-dealkylation sites (tertiary alicyclic amines) is 1. The molecule has 0 aromatic heterocycles. The molecular formula is C15H33N3. The third kappa shape index (κ3) is 5.25. The van der Waals surface area contributed by atoms with Gasteiger partial charge in [0.2, 0.25) is 0 Å². The second-order valence-corrected chi connectivity index (χ2v) is 6.15. The maximum absolute atomic E-state index is 3.66. The maximum atomic E-state index is 3.66. The van der Waals surface area contributed by atoms with Crippen LogP contribution in [0.25, 0.3) is 0 Å². The molecule has 1 saturated heterocycles. The summed E-state index contributed by atoms with van der Waals surface area (Å²) in [4.78, 5) is 5.02. The van der Waals surface area contributed by atoms with Crippen molar-refractivity contribution in [2.45, 2.75) is 64.6 Å². The Hall–Kier alpha value is -0.120. The number of nitrogens with one attached hydrogen (secondary N) is 1. The van der Waals surface area contributed by atoms with E-state index in [0.29, 0.717) is 12.1 Å². The Morgan fingerprint density at radius 3 is 2.44 bits per heavy atom. The molecule has 108 valence electrons. The number of nitrogens with zero attached hydrogens (tertiary/aromatic N) is 2. The van der Waals surface area contributed by atoms with Crippen molar-refractivity contribution in [1.82, 2.24) is 15.1 Å². The molecule has 0 radical (unpaired) electrons. The molecule has 1 aliphatic rings. The lowest BCUT2D eigenvalue weighted by atomic mass is 10.0.